The van der Waals surface area contributed by atoms with Gasteiger partial charge in [-0.3, -0.25) is 9.59 Å². The molecule has 0 atom stereocenters. The number of alkyl halides is 3. The minimum absolute atomic E-state index is 0.0775. The minimum Gasteiger partial charge on any atom is -0.484 e. The van der Waals surface area contributed by atoms with Crippen molar-refractivity contribution in [3.05, 3.63) is 60.2 Å². The monoisotopic (exact) mass is 424 g/mol. The van der Waals surface area contributed by atoms with Crippen LogP contribution in [0.3, 0.4) is 0 Å². The lowest BCUT2D eigenvalue weighted by Gasteiger charge is -2.11. The Morgan fingerprint density at radius 2 is 1.69 bits per heavy atom. The molecule has 0 heterocycles. The molecule has 29 heavy (non-hydrogen) atoms. The lowest BCUT2D eigenvalue weighted by Crippen LogP contribution is -2.27. The standard InChI is InChI=1S/C20H19F3N2O3S/c1-25(2)19(27)13-28-16-8-6-15(7-9-16)24-18(26)12-5-14-3-10-17(11-4-14)29-20(21,22)23/h3-12H,13H2,1-2H3,(H,24,26)/b12-5+. The van der Waals surface area contributed by atoms with Crippen LogP contribution in [0.2, 0.25) is 0 Å². The summed E-state index contributed by atoms with van der Waals surface area (Å²) in [5.74, 6) is -0.0710. The third-order valence-electron chi connectivity index (χ3n) is 3.52. The number of hydrogen-bond donors (Lipinski definition) is 1. The number of hydrogen-bond acceptors (Lipinski definition) is 4. The lowest BCUT2D eigenvalue weighted by molar-refractivity contribution is -0.130. The fourth-order valence-electron chi connectivity index (χ4n) is 2.05. The van der Waals surface area contributed by atoms with Crippen molar-refractivity contribution in [3.8, 4) is 5.75 Å². The first-order chi connectivity index (χ1) is 13.6. The molecule has 0 saturated carbocycles. The minimum atomic E-state index is -4.33. The number of carbonyl (C=O) groups is 2. The Morgan fingerprint density at radius 1 is 1.07 bits per heavy atom. The number of halogens is 3. The second-order valence-electron chi connectivity index (χ2n) is 6.04. The number of benzene rings is 2. The molecule has 0 aliphatic heterocycles. The van der Waals surface area contributed by atoms with Crippen molar-refractivity contribution < 1.29 is 27.5 Å². The van der Waals surface area contributed by atoms with Crippen LogP contribution in [0.15, 0.2) is 59.5 Å². The summed E-state index contributed by atoms with van der Waals surface area (Å²) in [6, 6.07) is 12.2. The summed E-state index contributed by atoms with van der Waals surface area (Å²) in [5, 5.41) is 2.66. The van der Waals surface area contributed by atoms with Gasteiger partial charge in [-0.25, -0.2) is 0 Å². The summed E-state index contributed by atoms with van der Waals surface area (Å²) in [4.78, 5) is 25.0. The highest BCUT2D eigenvalue weighted by Crippen LogP contribution is 2.36. The molecule has 0 fully saturated rings. The van der Waals surface area contributed by atoms with Crippen molar-refractivity contribution >= 4 is 35.3 Å². The Balaban J connectivity index is 1.86. The third-order valence-corrected chi connectivity index (χ3v) is 4.26. The van der Waals surface area contributed by atoms with Crippen molar-refractivity contribution in [1.29, 1.82) is 0 Å². The maximum atomic E-state index is 12.3. The van der Waals surface area contributed by atoms with Crippen molar-refractivity contribution in [2.75, 3.05) is 26.0 Å². The van der Waals surface area contributed by atoms with Crippen LogP contribution >= 0.6 is 11.8 Å². The maximum Gasteiger partial charge on any atom is 0.446 e. The van der Waals surface area contributed by atoms with Gasteiger partial charge in [-0.1, -0.05) is 12.1 Å². The highest BCUT2D eigenvalue weighted by Gasteiger charge is 2.28. The van der Waals surface area contributed by atoms with Gasteiger partial charge in [-0.15, -0.1) is 0 Å². The fraction of sp³-hybridized carbons (Fsp3) is 0.200. The highest BCUT2D eigenvalue weighted by atomic mass is 32.2. The molecule has 0 bridgehead atoms. The molecule has 1 N–H and O–H groups in total. The summed E-state index contributed by atoms with van der Waals surface area (Å²) in [5.41, 5.74) is -3.21. The van der Waals surface area contributed by atoms with Crippen LogP contribution in [0.1, 0.15) is 5.56 Å². The molecule has 5 nitrogen and oxygen atoms in total. The average molecular weight is 424 g/mol. The summed E-state index contributed by atoms with van der Waals surface area (Å²) in [7, 11) is 3.27. The van der Waals surface area contributed by atoms with Crippen LogP contribution in [0.4, 0.5) is 18.9 Å². The number of carbonyl (C=O) groups excluding carboxylic acids is 2. The Kier molecular flexibility index (Phi) is 7.72. The van der Waals surface area contributed by atoms with Gasteiger partial charge < -0.3 is 15.0 Å². The molecular weight excluding hydrogens is 405 g/mol. The van der Waals surface area contributed by atoms with Crippen molar-refractivity contribution in [1.82, 2.24) is 4.90 Å². The van der Waals surface area contributed by atoms with Gasteiger partial charge in [0.1, 0.15) is 5.75 Å². The molecule has 2 rings (SSSR count). The van der Waals surface area contributed by atoms with E-state index < -0.39 is 11.4 Å². The highest BCUT2D eigenvalue weighted by molar-refractivity contribution is 8.00. The number of likely N-dealkylation sites (N-methyl/N-ethyl adjacent to an activating group) is 1. The summed E-state index contributed by atoms with van der Waals surface area (Å²) in [6.07, 6.45) is 2.79. The SMILES string of the molecule is CN(C)C(=O)COc1ccc(NC(=O)/C=C/c2ccc(SC(F)(F)F)cc2)cc1. The van der Waals surface area contributed by atoms with Crippen LogP contribution < -0.4 is 10.1 Å². The second-order valence-corrected chi connectivity index (χ2v) is 7.18. The summed E-state index contributed by atoms with van der Waals surface area (Å²) < 4.78 is 42.3. The van der Waals surface area contributed by atoms with E-state index >= 15 is 0 Å². The fourth-order valence-corrected chi connectivity index (χ4v) is 2.58. The van der Waals surface area contributed by atoms with Gasteiger partial charge in [0, 0.05) is 30.8 Å². The first-order valence-electron chi connectivity index (χ1n) is 8.40. The molecule has 0 saturated heterocycles. The van der Waals surface area contributed by atoms with Crippen LogP contribution in [0.5, 0.6) is 5.75 Å². The van der Waals surface area contributed by atoms with E-state index in [1.807, 2.05) is 0 Å². The lowest BCUT2D eigenvalue weighted by atomic mass is 10.2. The van der Waals surface area contributed by atoms with Gasteiger partial charge in [0.2, 0.25) is 5.91 Å². The molecule has 9 heteroatoms. The van der Waals surface area contributed by atoms with Crippen LogP contribution in [-0.2, 0) is 9.59 Å². The quantitative estimate of drug-likeness (QED) is 0.528. The number of amides is 2. The molecule has 2 aromatic carbocycles. The molecule has 0 radical (unpaired) electrons. The number of nitrogens with zero attached hydrogens (tertiary/aromatic N) is 1. The molecule has 2 aromatic rings. The van der Waals surface area contributed by atoms with Crippen LogP contribution in [-0.4, -0.2) is 42.9 Å². The molecule has 2 amide bonds. The second kappa shape index (κ2) is 10.0. The van der Waals surface area contributed by atoms with Gasteiger partial charge in [-0.2, -0.15) is 13.2 Å². The van der Waals surface area contributed by atoms with E-state index in [-0.39, 0.29) is 29.2 Å². The van der Waals surface area contributed by atoms with Crippen LogP contribution in [0, 0.1) is 0 Å². The molecule has 0 spiro atoms. The van der Waals surface area contributed by atoms with Gasteiger partial charge in [0.05, 0.1) is 0 Å². The zero-order valence-electron chi connectivity index (χ0n) is 15.7. The number of anilines is 1. The Bertz CT molecular complexity index is 864. The molecule has 0 unspecified atom stereocenters. The normalized spacial score (nSPS) is 11.3. The van der Waals surface area contributed by atoms with Gasteiger partial charge >= 0.3 is 5.51 Å². The Hall–Kier alpha value is -2.94. The van der Waals surface area contributed by atoms with Gasteiger partial charge in [0.15, 0.2) is 6.61 Å². The third kappa shape index (κ3) is 8.30. The van der Waals surface area contributed by atoms with E-state index in [0.717, 1.165) is 0 Å². The van der Waals surface area contributed by atoms with Gasteiger partial charge in [0.25, 0.3) is 5.91 Å². The number of nitrogens with one attached hydrogen (secondary N) is 1. The predicted molar refractivity (Wildman–Crippen MR) is 107 cm³/mol. The predicted octanol–water partition coefficient (Wildman–Crippen LogP) is 4.42. The smallest absolute Gasteiger partial charge is 0.446 e. The van der Waals surface area contributed by atoms with E-state index in [2.05, 4.69) is 5.32 Å². The first kappa shape index (κ1) is 22.4. The van der Waals surface area contributed by atoms with E-state index in [9.17, 15) is 22.8 Å². The topological polar surface area (TPSA) is 58.6 Å². The average Bonchev–Trinajstić information content (AvgIpc) is 2.65. The molecule has 0 aliphatic rings. The van der Waals surface area contributed by atoms with E-state index in [1.165, 1.54) is 41.3 Å². The van der Waals surface area contributed by atoms with E-state index in [0.29, 0.717) is 17.0 Å². The number of rotatable bonds is 7. The molecule has 0 aromatic heterocycles. The summed E-state index contributed by atoms with van der Waals surface area (Å²) in [6.45, 7) is -0.0816. The number of ether oxygens (including phenoxy) is 1. The first-order valence-corrected chi connectivity index (χ1v) is 9.22. The largest absolute Gasteiger partial charge is 0.484 e. The van der Waals surface area contributed by atoms with Crippen molar-refractivity contribution in [3.63, 3.8) is 0 Å². The number of thioether (sulfide) groups is 1. The maximum absolute atomic E-state index is 12.3. The molecule has 154 valence electrons. The Labute approximate surface area is 170 Å². The van der Waals surface area contributed by atoms with Crippen molar-refractivity contribution in [2.24, 2.45) is 0 Å². The summed E-state index contributed by atoms with van der Waals surface area (Å²) >= 11 is -0.192. The zero-order valence-corrected chi connectivity index (χ0v) is 16.5. The molecular formula is C20H19F3N2O3S. The van der Waals surface area contributed by atoms with Crippen molar-refractivity contribution in [2.45, 2.75) is 10.4 Å². The zero-order chi connectivity index (χ0) is 21.4. The van der Waals surface area contributed by atoms with Gasteiger partial charge in [-0.05, 0) is 59.8 Å². The van der Waals surface area contributed by atoms with Crippen LogP contribution in [0.25, 0.3) is 6.08 Å². The Morgan fingerprint density at radius 3 is 2.24 bits per heavy atom. The van der Waals surface area contributed by atoms with E-state index in [4.69, 9.17) is 4.74 Å². The van der Waals surface area contributed by atoms with E-state index in [1.54, 1.807) is 38.4 Å². The molecule has 0 aliphatic carbocycles.